The second kappa shape index (κ2) is 4.23. The van der Waals surface area contributed by atoms with E-state index in [0.29, 0.717) is 5.82 Å². The van der Waals surface area contributed by atoms with Crippen LogP contribution in [0.25, 0.3) is 0 Å². The van der Waals surface area contributed by atoms with Crippen LogP contribution in [0.15, 0.2) is 48.1 Å². The van der Waals surface area contributed by atoms with E-state index in [2.05, 4.69) is 19.9 Å². The first-order valence-corrected chi connectivity index (χ1v) is 4.15. The van der Waals surface area contributed by atoms with Gasteiger partial charge in [-0.3, -0.25) is 0 Å². The lowest BCUT2D eigenvalue weighted by Crippen LogP contribution is -1.84. The van der Waals surface area contributed by atoms with Crippen molar-refractivity contribution in [1.29, 1.82) is 0 Å². The fourth-order valence-electron chi connectivity index (χ4n) is 0.948. The maximum Gasteiger partial charge on any atom is 0.151 e. The molecule has 68 valence electrons. The van der Waals surface area contributed by atoms with Crippen molar-refractivity contribution in [3.8, 4) is 0 Å². The molecule has 0 amide bonds. The van der Waals surface area contributed by atoms with Gasteiger partial charge in [0.1, 0.15) is 6.33 Å². The molecule has 2 aromatic heterocycles. The molecule has 4 nitrogen and oxygen atoms in total. The Balaban J connectivity index is 2.16. The minimum absolute atomic E-state index is 0.677. The summed E-state index contributed by atoms with van der Waals surface area (Å²) in [4.78, 5) is 16.0. The van der Waals surface area contributed by atoms with Gasteiger partial charge in [-0.25, -0.2) is 19.9 Å². The van der Waals surface area contributed by atoms with E-state index in [1.54, 1.807) is 24.8 Å². The number of aromatic nitrogens is 3. The van der Waals surface area contributed by atoms with E-state index in [9.17, 15) is 0 Å². The molecule has 0 unspecified atom stereocenters. The Morgan fingerprint density at radius 1 is 1.14 bits per heavy atom. The molecular weight excluding hydrogens is 176 g/mol. The Hall–Kier alpha value is -2.10. The second-order valence-corrected chi connectivity index (χ2v) is 2.62. The molecule has 0 N–H and O–H groups in total. The third-order valence-corrected chi connectivity index (χ3v) is 1.58. The third kappa shape index (κ3) is 2.20. The fraction of sp³-hybridized carbons (Fsp3) is 0. The molecular formula is C10H8N4. The molecule has 0 fully saturated rings. The number of aliphatic imine (C=N–C) groups is 1. The molecule has 0 saturated carbocycles. The van der Waals surface area contributed by atoms with Gasteiger partial charge in [0.15, 0.2) is 5.82 Å². The molecule has 2 heterocycles. The number of rotatable bonds is 2. The smallest absolute Gasteiger partial charge is 0.151 e. The summed E-state index contributed by atoms with van der Waals surface area (Å²) < 4.78 is 0. The highest BCUT2D eigenvalue weighted by Gasteiger charge is 1.87. The molecule has 0 atom stereocenters. The highest BCUT2D eigenvalue weighted by Crippen LogP contribution is 2.04. The molecule has 0 spiro atoms. The topological polar surface area (TPSA) is 51.0 Å². The summed E-state index contributed by atoms with van der Waals surface area (Å²) in [6.07, 6.45) is 8.26. The third-order valence-electron chi connectivity index (χ3n) is 1.58. The summed E-state index contributed by atoms with van der Waals surface area (Å²) >= 11 is 0. The average molecular weight is 184 g/mol. The largest absolute Gasteiger partial charge is 0.244 e. The van der Waals surface area contributed by atoms with Crippen LogP contribution in [0.4, 0.5) is 5.82 Å². The van der Waals surface area contributed by atoms with Gasteiger partial charge < -0.3 is 0 Å². The molecule has 2 aromatic rings. The van der Waals surface area contributed by atoms with Crippen LogP contribution >= 0.6 is 0 Å². The van der Waals surface area contributed by atoms with Crippen LogP contribution in [-0.2, 0) is 0 Å². The van der Waals surface area contributed by atoms with Crippen LogP contribution in [0.5, 0.6) is 0 Å². The fourth-order valence-corrected chi connectivity index (χ4v) is 0.948. The van der Waals surface area contributed by atoms with Crippen molar-refractivity contribution in [3.05, 3.63) is 48.7 Å². The van der Waals surface area contributed by atoms with Crippen molar-refractivity contribution in [2.45, 2.75) is 0 Å². The van der Waals surface area contributed by atoms with E-state index in [1.807, 2.05) is 18.2 Å². The molecule has 2 rings (SSSR count). The van der Waals surface area contributed by atoms with Crippen molar-refractivity contribution in [1.82, 2.24) is 15.0 Å². The Kier molecular flexibility index (Phi) is 2.56. The summed E-state index contributed by atoms with van der Waals surface area (Å²) in [6.45, 7) is 0. The quantitative estimate of drug-likeness (QED) is 0.666. The number of hydrogen-bond donors (Lipinski definition) is 0. The van der Waals surface area contributed by atoms with Crippen molar-refractivity contribution < 1.29 is 0 Å². The minimum atomic E-state index is 0.677. The van der Waals surface area contributed by atoms with Crippen LogP contribution in [0, 0.1) is 0 Å². The van der Waals surface area contributed by atoms with Crippen LogP contribution in [0.3, 0.4) is 0 Å². The molecule has 4 heteroatoms. The lowest BCUT2D eigenvalue weighted by atomic mass is 10.4. The van der Waals surface area contributed by atoms with E-state index in [-0.39, 0.29) is 0 Å². The highest BCUT2D eigenvalue weighted by molar-refractivity contribution is 5.80. The van der Waals surface area contributed by atoms with Gasteiger partial charge in [-0.2, -0.15) is 0 Å². The van der Waals surface area contributed by atoms with Gasteiger partial charge >= 0.3 is 0 Å². The first-order valence-electron chi connectivity index (χ1n) is 4.15. The van der Waals surface area contributed by atoms with E-state index >= 15 is 0 Å². The lowest BCUT2D eigenvalue weighted by Gasteiger charge is -1.90. The summed E-state index contributed by atoms with van der Waals surface area (Å²) in [5, 5.41) is 0. The van der Waals surface area contributed by atoms with E-state index in [4.69, 9.17) is 0 Å². The molecule has 0 aliphatic carbocycles. The van der Waals surface area contributed by atoms with Crippen molar-refractivity contribution in [2.75, 3.05) is 0 Å². The Bertz CT molecular complexity index is 369. The maximum absolute atomic E-state index is 4.16. The Labute approximate surface area is 81.4 Å². The van der Waals surface area contributed by atoms with Gasteiger partial charge in [-0.05, 0) is 12.1 Å². The van der Waals surface area contributed by atoms with Crippen molar-refractivity contribution in [2.24, 2.45) is 4.99 Å². The van der Waals surface area contributed by atoms with Crippen LogP contribution in [0.1, 0.15) is 5.56 Å². The van der Waals surface area contributed by atoms with Gasteiger partial charge in [0.25, 0.3) is 0 Å². The number of hydrogen-bond acceptors (Lipinski definition) is 4. The van der Waals surface area contributed by atoms with E-state index < -0.39 is 0 Å². The van der Waals surface area contributed by atoms with Crippen molar-refractivity contribution in [3.63, 3.8) is 0 Å². The number of nitrogens with zero attached hydrogens (tertiary/aromatic N) is 4. The Morgan fingerprint density at radius 3 is 2.71 bits per heavy atom. The summed E-state index contributed by atoms with van der Waals surface area (Å²) in [7, 11) is 0. The summed E-state index contributed by atoms with van der Waals surface area (Å²) in [6, 6.07) is 5.58. The standard InChI is InChI=1S/C10H8N4/c1-2-4-13-10(3-1)14-7-9-5-11-8-12-6-9/h1-8H. The SMILES string of the molecule is C(=Nc1ccccn1)c1cncnc1. The second-order valence-electron chi connectivity index (χ2n) is 2.62. The molecule has 14 heavy (non-hydrogen) atoms. The van der Waals surface area contributed by atoms with Gasteiger partial charge in [-0.15, -0.1) is 0 Å². The van der Waals surface area contributed by atoms with Gasteiger partial charge in [0.05, 0.1) is 0 Å². The Morgan fingerprint density at radius 2 is 2.00 bits per heavy atom. The first-order chi connectivity index (χ1) is 6.95. The molecule has 0 aliphatic heterocycles. The molecule has 0 aliphatic rings. The van der Waals surface area contributed by atoms with Gasteiger partial charge in [0.2, 0.25) is 0 Å². The summed E-state index contributed by atoms with van der Waals surface area (Å²) in [5.41, 5.74) is 0.859. The van der Waals surface area contributed by atoms with Crippen LogP contribution in [-0.4, -0.2) is 21.2 Å². The molecule has 0 saturated heterocycles. The number of pyridine rings is 1. The van der Waals surface area contributed by atoms with Crippen LogP contribution < -0.4 is 0 Å². The maximum atomic E-state index is 4.16. The van der Waals surface area contributed by atoms with Crippen LogP contribution in [0.2, 0.25) is 0 Å². The first kappa shape index (κ1) is 8.50. The predicted octanol–water partition coefficient (Wildman–Crippen LogP) is 1.62. The minimum Gasteiger partial charge on any atom is -0.244 e. The van der Waals surface area contributed by atoms with E-state index in [0.717, 1.165) is 5.56 Å². The summed E-state index contributed by atoms with van der Waals surface area (Å²) in [5.74, 6) is 0.677. The van der Waals surface area contributed by atoms with Gasteiger partial charge in [0, 0.05) is 30.4 Å². The zero-order chi connectivity index (χ0) is 9.64. The molecule has 0 bridgehead atoms. The highest BCUT2D eigenvalue weighted by atomic mass is 14.9. The van der Waals surface area contributed by atoms with Gasteiger partial charge in [-0.1, -0.05) is 6.07 Å². The normalized spacial score (nSPS) is 10.6. The zero-order valence-corrected chi connectivity index (χ0v) is 7.41. The molecule has 0 radical (unpaired) electrons. The van der Waals surface area contributed by atoms with Crippen molar-refractivity contribution >= 4 is 12.0 Å². The molecule has 0 aromatic carbocycles. The van der Waals surface area contributed by atoms with E-state index in [1.165, 1.54) is 6.33 Å². The average Bonchev–Trinajstić information content (AvgIpc) is 2.29. The lowest BCUT2D eigenvalue weighted by molar-refractivity contribution is 1.16. The monoisotopic (exact) mass is 184 g/mol. The predicted molar refractivity (Wildman–Crippen MR) is 53.5 cm³/mol. The zero-order valence-electron chi connectivity index (χ0n) is 7.41.